The van der Waals surface area contributed by atoms with E-state index in [0.29, 0.717) is 30.3 Å². The van der Waals surface area contributed by atoms with Crippen molar-refractivity contribution in [3.63, 3.8) is 0 Å². The molecule has 1 aromatic carbocycles. The van der Waals surface area contributed by atoms with Crippen LogP contribution in [-0.2, 0) is 14.3 Å². The Hall–Kier alpha value is -1.57. The molecule has 2 aliphatic rings. The first kappa shape index (κ1) is 15.3. The summed E-state index contributed by atoms with van der Waals surface area (Å²) in [5.74, 6) is 1.11. The van der Waals surface area contributed by atoms with Crippen LogP contribution in [0.5, 0.6) is 0 Å². The Bertz CT molecular complexity index is 616. The van der Waals surface area contributed by atoms with Crippen LogP contribution in [0.15, 0.2) is 18.2 Å². The summed E-state index contributed by atoms with van der Waals surface area (Å²) >= 11 is 1.67. The van der Waals surface area contributed by atoms with Crippen LogP contribution in [0, 0.1) is 6.92 Å². The van der Waals surface area contributed by atoms with Crippen LogP contribution in [0.2, 0.25) is 0 Å². The number of carbonyl (C=O) groups is 2. The van der Waals surface area contributed by atoms with Gasteiger partial charge in [0.15, 0.2) is 0 Å². The molecular weight excluding hydrogens is 302 g/mol. The summed E-state index contributed by atoms with van der Waals surface area (Å²) in [5.41, 5.74) is 7.73. The summed E-state index contributed by atoms with van der Waals surface area (Å²) in [5, 5.41) is 2.86. The second kappa shape index (κ2) is 5.91. The minimum absolute atomic E-state index is 0.0430. The lowest BCUT2D eigenvalue weighted by Gasteiger charge is -2.35. The van der Waals surface area contributed by atoms with Gasteiger partial charge < -0.3 is 20.7 Å². The van der Waals surface area contributed by atoms with Crippen LogP contribution in [-0.4, -0.2) is 48.6 Å². The Balaban J connectivity index is 1.74. The monoisotopic (exact) mass is 321 g/mol. The maximum absolute atomic E-state index is 12.1. The van der Waals surface area contributed by atoms with E-state index in [2.05, 4.69) is 5.32 Å². The van der Waals surface area contributed by atoms with E-state index in [1.807, 2.05) is 19.1 Å². The lowest BCUT2D eigenvalue weighted by molar-refractivity contribution is -0.125. The third-order valence-corrected chi connectivity index (χ3v) is 5.34. The van der Waals surface area contributed by atoms with Gasteiger partial charge in [0.25, 0.3) is 5.91 Å². The zero-order chi connectivity index (χ0) is 15.7. The summed E-state index contributed by atoms with van der Waals surface area (Å²) in [6.07, 6.45) is 0. The van der Waals surface area contributed by atoms with Crippen molar-refractivity contribution in [3.8, 4) is 0 Å². The molecule has 22 heavy (non-hydrogen) atoms. The quantitative estimate of drug-likeness (QED) is 0.858. The molecule has 3 N–H and O–H groups in total. The van der Waals surface area contributed by atoms with E-state index < -0.39 is 5.54 Å². The van der Waals surface area contributed by atoms with Gasteiger partial charge in [0.05, 0.1) is 6.61 Å². The average molecular weight is 321 g/mol. The maximum Gasteiger partial charge on any atom is 0.253 e. The van der Waals surface area contributed by atoms with Crippen LogP contribution in [0.3, 0.4) is 0 Å². The molecule has 6 nitrogen and oxygen atoms in total. The molecule has 1 aromatic rings. The minimum atomic E-state index is -0.753. The number of nitrogens with one attached hydrogen (secondary N) is 1. The summed E-state index contributed by atoms with van der Waals surface area (Å²) in [7, 11) is 0. The van der Waals surface area contributed by atoms with Gasteiger partial charge in [-0.1, -0.05) is 0 Å². The Morgan fingerprint density at radius 3 is 2.82 bits per heavy atom. The molecule has 2 amide bonds. The van der Waals surface area contributed by atoms with Crippen LogP contribution in [0.1, 0.15) is 5.56 Å². The molecule has 2 heterocycles. The van der Waals surface area contributed by atoms with Gasteiger partial charge in [-0.15, -0.1) is 0 Å². The normalized spacial score (nSPS) is 20.5. The molecule has 7 heteroatoms. The van der Waals surface area contributed by atoms with Crippen LogP contribution in [0.25, 0.3) is 0 Å². The highest BCUT2D eigenvalue weighted by Gasteiger charge is 2.41. The van der Waals surface area contributed by atoms with Gasteiger partial charge in [-0.2, -0.15) is 11.8 Å². The zero-order valence-electron chi connectivity index (χ0n) is 12.4. The number of ether oxygens (including phenoxy) is 1. The van der Waals surface area contributed by atoms with Crippen molar-refractivity contribution in [2.45, 2.75) is 12.5 Å². The van der Waals surface area contributed by atoms with E-state index in [0.717, 1.165) is 11.3 Å². The standard InChI is InChI=1S/C15H19N3O3S/c1-10-6-11(17-14(20)15(16)8-22-9-15)2-3-12(10)18-4-5-21-7-13(18)19/h2-3,6H,4-5,7-9,16H2,1H3,(H,17,20). The Morgan fingerprint density at radius 2 is 2.23 bits per heavy atom. The fourth-order valence-corrected chi connectivity index (χ4v) is 3.42. The van der Waals surface area contributed by atoms with Gasteiger partial charge >= 0.3 is 0 Å². The second-order valence-corrected chi connectivity index (χ2v) is 6.69. The number of amides is 2. The van der Waals surface area contributed by atoms with Crippen LogP contribution in [0.4, 0.5) is 11.4 Å². The molecular formula is C15H19N3O3S. The number of nitrogens with zero attached hydrogens (tertiary/aromatic N) is 1. The lowest BCUT2D eigenvalue weighted by Crippen LogP contribution is -2.60. The SMILES string of the molecule is Cc1cc(NC(=O)C2(N)CSC2)ccc1N1CCOCC1=O. The molecule has 2 aliphatic heterocycles. The van der Waals surface area contributed by atoms with Gasteiger partial charge in [-0.05, 0) is 30.7 Å². The zero-order valence-corrected chi connectivity index (χ0v) is 13.2. The molecule has 2 saturated heterocycles. The van der Waals surface area contributed by atoms with Crippen LogP contribution >= 0.6 is 11.8 Å². The number of hydrogen-bond acceptors (Lipinski definition) is 5. The van der Waals surface area contributed by atoms with E-state index in [4.69, 9.17) is 10.5 Å². The summed E-state index contributed by atoms with van der Waals surface area (Å²) in [6, 6.07) is 5.52. The van der Waals surface area contributed by atoms with E-state index in [9.17, 15) is 9.59 Å². The van der Waals surface area contributed by atoms with Gasteiger partial charge in [-0.3, -0.25) is 9.59 Å². The summed E-state index contributed by atoms with van der Waals surface area (Å²) < 4.78 is 5.14. The van der Waals surface area contributed by atoms with Gasteiger partial charge in [0, 0.05) is 29.4 Å². The Kier molecular flexibility index (Phi) is 4.12. The minimum Gasteiger partial charge on any atom is -0.370 e. The highest BCUT2D eigenvalue weighted by atomic mass is 32.2. The number of nitrogens with two attached hydrogens (primary N) is 1. The number of carbonyl (C=O) groups excluding carboxylic acids is 2. The molecule has 118 valence electrons. The van der Waals surface area contributed by atoms with Gasteiger partial charge in [0.2, 0.25) is 5.91 Å². The first-order valence-corrected chi connectivity index (χ1v) is 8.32. The number of thioether (sulfide) groups is 1. The van der Waals surface area contributed by atoms with Crippen molar-refractivity contribution in [2.24, 2.45) is 5.73 Å². The number of rotatable bonds is 3. The van der Waals surface area contributed by atoms with E-state index in [-0.39, 0.29) is 18.4 Å². The molecule has 0 saturated carbocycles. The molecule has 0 aliphatic carbocycles. The Morgan fingerprint density at radius 1 is 1.45 bits per heavy atom. The molecule has 0 spiro atoms. The molecule has 3 rings (SSSR count). The van der Waals surface area contributed by atoms with Crippen molar-refractivity contribution in [2.75, 3.05) is 41.5 Å². The first-order chi connectivity index (χ1) is 10.5. The van der Waals surface area contributed by atoms with Crippen molar-refractivity contribution < 1.29 is 14.3 Å². The summed E-state index contributed by atoms with van der Waals surface area (Å²) in [4.78, 5) is 25.8. The number of anilines is 2. The van der Waals surface area contributed by atoms with E-state index in [1.165, 1.54) is 0 Å². The molecule has 0 aromatic heterocycles. The van der Waals surface area contributed by atoms with E-state index >= 15 is 0 Å². The molecule has 0 atom stereocenters. The highest BCUT2D eigenvalue weighted by Crippen LogP contribution is 2.29. The van der Waals surface area contributed by atoms with Crippen LogP contribution < -0.4 is 16.0 Å². The summed E-state index contributed by atoms with van der Waals surface area (Å²) in [6.45, 7) is 3.13. The molecule has 0 radical (unpaired) electrons. The second-order valence-electron chi connectivity index (χ2n) is 5.70. The molecule has 0 bridgehead atoms. The molecule has 2 fully saturated rings. The van der Waals surface area contributed by atoms with Gasteiger partial charge in [-0.25, -0.2) is 0 Å². The van der Waals surface area contributed by atoms with Gasteiger partial charge in [0.1, 0.15) is 12.1 Å². The highest BCUT2D eigenvalue weighted by molar-refractivity contribution is 8.01. The predicted molar refractivity (Wildman–Crippen MR) is 87.2 cm³/mol. The predicted octanol–water partition coefficient (Wildman–Crippen LogP) is 0.741. The number of aryl methyl sites for hydroxylation is 1. The third-order valence-electron chi connectivity index (χ3n) is 3.90. The third kappa shape index (κ3) is 2.84. The van der Waals surface area contributed by atoms with Crippen molar-refractivity contribution in [1.82, 2.24) is 0 Å². The van der Waals surface area contributed by atoms with E-state index in [1.54, 1.807) is 22.7 Å². The number of benzene rings is 1. The first-order valence-electron chi connectivity index (χ1n) is 7.16. The number of morpholine rings is 1. The maximum atomic E-state index is 12.1. The van der Waals surface area contributed by atoms with Crippen molar-refractivity contribution in [3.05, 3.63) is 23.8 Å². The van der Waals surface area contributed by atoms with Crippen molar-refractivity contribution in [1.29, 1.82) is 0 Å². The number of hydrogen-bond donors (Lipinski definition) is 2. The smallest absolute Gasteiger partial charge is 0.253 e. The fourth-order valence-electron chi connectivity index (χ4n) is 2.52. The largest absolute Gasteiger partial charge is 0.370 e. The lowest BCUT2D eigenvalue weighted by atomic mass is 10.0. The topological polar surface area (TPSA) is 84.7 Å². The fraction of sp³-hybridized carbons (Fsp3) is 0.467. The average Bonchev–Trinajstić information content (AvgIpc) is 2.46. The van der Waals surface area contributed by atoms with Crippen molar-refractivity contribution >= 4 is 35.0 Å². The Labute approximate surface area is 133 Å². The molecule has 0 unspecified atom stereocenters.